The quantitative estimate of drug-likeness (QED) is 0.804. The van der Waals surface area contributed by atoms with Crippen LogP contribution in [0.25, 0.3) is 11.4 Å². The average molecular weight is 305 g/mol. The first kappa shape index (κ1) is 13.6. The lowest BCUT2D eigenvalue weighted by atomic mass is 10.1. The van der Waals surface area contributed by atoms with E-state index in [0.717, 1.165) is 29.9 Å². The maximum atomic E-state index is 12.1. The minimum Gasteiger partial charge on any atom is -0.322 e. The van der Waals surface area contributed by atoms with E-state index in [9.17, 15) is 4.79 Å². The van der Waals surface area contributed by atoms with Gasteiger partial charge in [-0.15, -0.1) is 5.10 Å². The van der Waals surface area contributed by atoms with Crippen molar-refractivity contribution < 1.29 is 4.79 Å². The maximum absolute atomic E-state index is 12.1. The molecule has 114 valence electrons. The van der Waals surface area contributed by atoms with Gasteiger partial charge in [0.1, 0.15) is 0 Å². The molecular weight excluding hydrogens is 290 g/mol. The first-order valence-electron chi connectivity index (χ1n) is 7.56. The van der Waals surface area contributed by atoms with Crippen molar-refractivity contribution in [2.75, 3.05) is 5.32 Å². The number of benzene rings is 2. The van der Waals surface area contributed by atoms with Gasteiger partial charge in [-0.3, -0.25) is 4.79 Å². The first-order chi connectivity index (χ1) is 11.3. The topological polar surface area (TPSA) is 72.7 Å². The summed E-state index contributed by atoms with van der Waals surface area (Å²) in [5.74, 6) is 0.648. The van der Waals surface area contributed by atoms with E-state index in [1.165, 1.54) is 0 Å². The molecule has 0 radical (unpaired) electrons. The van der Waals surface area contributed by atoms with Crippen LogP contribution < -0.4 is 5.32 Å². The second-order valence-electron chi connectivity index (χ2n) is 5.58. The summed E-state index contributed by atoms with van der Waals surface area (Å²) in [5.41, 5.74) is 2.32. The Balaban J connectivity index is 1.52. The van der Waals surface area contributed by atoms with Gasteiger partial charge in [0, 0.05) is 16.8 Å². The lowest BCUT2D eigenvalue weighted by molar-refractivity contribution is 0.102. The van der Waals surface area contributed by atoms with Gasteiger partial charge in [0.05, 0.1) is 6.04 Å². The van der Waals surface area contributed by atoms with Crippen molar-refractivity contribution in [1.29, 1.82) is 0 Å². The van der Waals surface area contributed by atoms with Crippen LogP contribution in [0.4, 0.5) is 5.69 Å². The molecule has 6 nitrogen and oxygen atoms in total. The summed E-state index contributed by atoms with van der Waals surface area (Å²) in [6.45, 7) is 0. The molecule has 3 aromatic rings. The number of hydrogen-bond donors (Lipinski definition) is 1. The number of amides is 1. The Labute approximate surface area is 133 Å². The molecule has 6 heteroatoms. The van der Waals surface area contributed by atoms with Gasteiger partial charge in [-0.05, 0) is 59.7 Å². The number of rotatable bonds is 4. The summed E-state index contributed by atoms with van der Waals surface area (Å²) in [6.07, 6.45) is 2.26. The Bertz CT molecular complexity index is 822. The normalized spacial score (nSPS) is 13.7. The molecule has 0 atom stereocenters. The number of anilines is 1. The van der Waals surface area contributed by atoms with Gasteiger partial charge >= 0.3 is 0 Å². The van der Waals surface area contributed by atoms with Gasteiger partial charge < -0.3 is 5.32 Å². The largest absolute Gasteiger partial charge is 0.322 e. The van der Waals surface area contributed by atoms with Gasteiger partial charge in [-0.2, -0.15) is 0 Å². The van der Waals surface area contributed by atoms with Crippen LogP contribution in [0.2, 0.25) is 0 Å². The van der Waals surface area contributed by atoms with Gasteiger partial charge in [-0.1, -0.05) is 18.2 Å². The number of carbonyl (C=O) groups excluding carboxylic acids is 1. The van der Waals surface area contributed by atoms with E-state index in [4.69, 9.17) is 0 Å². The van der Waals surface area contributed by atoms with E-state index in [-0.39, 0.29) is 5.91 Å². The summed E-state index contributed by atoms with van der Waals surface area (Å²) in [6, 6.07) is 17.1. The van der Waals surface area contributed by atoms with Crippen molar-refractivity contribution in [1.82, 2.24) is 20.2 Å². The third-order valence-electron chi connectivity index (χ3n) is 3.82. The summed E-state index contributed by atoms with van der Waals surface area (Å²) < 4.78 is 1.87. The molecule has 1 saturated carbocycles. The predicted octanol–water partition coefficient (Wildman–Crippen LogP) is 2.93. The number of tetrazole rings is 1. The van der Waals surface area contributed by atoms with Crippen LogP contribution in [-0.4, -0.2) is 26.1 Å². The number of aromatic nitrogens is 4. The Morgan fingerprint density at radius 1 is 1.04 bits per heavy atom. The second-order valence-corrected chi connectivity index (χ2v) is 5.58. The monoisotopic (exact) mass is 305 g/mol. The average Bonchev–Trinajstić information content (AvgIpc) is 3.33. The van der Waals surface area contributed by atoms with Gasteiger partial charge in [0.25, 0.3) is 5.91 Å². The zero-order valence-electron chi connectivity index (χ0n) is 12.4. The predicted molar refractivity (Wildman–Crippen MR) is 85.9 cm³/mol. The smallest absolute Gasteiger partial charge is 0.255 e. The molecule has 1 N–H and O–H groups in total. The lowest BCUT2D eigenvalue weighted by Crippen LogP contribution is -2.11. The van der Waals surface area contributed by atoms with Crippen LogP contribution in [0.1, 0.15) is 29.2 Å². The lowest BCUT2D eigenvalue weighted by Gasteiger charge is -2.07. The van der Waals surface area contributed by atoms with Crippen molar-refractivity contribution in [3.05, 3.63) is 60.2 Å². The minimum absolute atomic E-state index is 0.124. The second kappa shape index (κ2) is 5.64. The summed E-state index contributed by atoms with van der Waals surface area (Å²) in [5, 5.41) is 14.8. The minimum atomic E-state index is -0.124. The highest BCUT2D eigenvalue weighted by molar-refractivity contribution is 6.04. The Kier molecular flexibility index (Phi) is 3.34. The highest BCUT2D eigenvalue weighted by Crippen LogP contribution is 2.36. The van der Waals surface area contributed by atoms with Crippen LogP contribution in [0.5, 0.6) is 0 Å². The molecule has 0 spiro atoms. The number of nitrogens with zero attached hydrogens (tertiary/aromatic N) is 4. The number of carbonyl (C=O) groups is 1. The molecule has 1 amide bonds. The van der Waals surface area contributed by atoms with Crippen molar-refractivity contribution in [2.24, 2.45) is 0 Å². The molecule has 4 rings (SSSR count). The molecule has 1 aliphatic rings. The van der Waals surface area contributed by atoms with Crippen molar-refractivity contribution in [2.45, 2.75) is 18.9 Å². The van der Waals surface area contributed by atoms with Crippen LogP contribution >= 0.6 is 0 Å². The molecule has 2 aromatic carbocycles. The third kappa shape index (κ3) is 2.83. The summed E-state index contributed by atoms with van der Waals surface area (Å²) >= 11 is 0. The Morgan fingerprint density at radius 2 is 1.78 bits per heavy atom. The zero-order chi connectivity index (χ0) is 15.6. The molecule has 1 fully saturated rings. The van der Waals surface area contributed by atoms with Gasteiger partial charge in [-0.25, -0.2) is 4.68 Å². The SMILES string of the molecule is O=C(Nc1ccc(-c2nnnn2C2CC2)cc1)c1ccccc1. The Morgan fingerprint density at radius 3 is 2.48 bits per heavy atom. The number of hydrogen-bond acceptors (Lipinski definition) is 4. The van der Waals surface area contributed by atoms with E-state index < -0.39 is 0 Å². The van der Waals surface area contributed by atoms with E-state index in [1.807, 2.05) is 47.1 Å². The molecule has 1 aliphatic carbocycles. The van der Waals surface area contributed by atoms with Crippen molar-refractivity contribution in [3.8, 4) is 11.4 Å². The van der Waals surface area contributed by atoms with E-state index in [2.05, 4.69) is 20.8 Å². The van der Waals surface area contributed by atoms with Crippen molar-refractivity contribution in [3.63, 3.8) is 0 Å². The van der Waals surface area contributed by atoms with E-state index in [1.54, 1.807) is 12.1 Å². The summed E-state index contributed by atoms with van der Waals surface area (Å²) in [7, 11) is 0. The zero-order valence-corrected chi connectivity index (χ0v) is 12.4. The molecule has 0 saturated heterocycles. The van der Waals surface area contributed by atoms with Crippen molar-refractivity contribution >= 4 is 11.6 Å². The van der Waals surface area contributed by atoms with Crippen LogP contribution in [0, 0.1) is 0 Å². The van der Waals surface area contributed by atoms with Gasteiger partial charge in [0.2, 0.25) is 0 Å². The molecule has 0 unspecified atom stereocenters. The third-order valence-corrected chi connectivity index (χ3v) is 3.82. The molecule has 0 bridgehead atoms. The van der Waals surface area contributed by atoms with Crippen LogP contribution in [0.3, 0.4) is 0 Å². The molecule has 0 aliphatic heterocycles. The van der Waals surface area contributed by atoms with E-state index >= 15 is 0 Å². The molecule has 1 heterocycles. The van der Waals surface area contributed by atoms with Gasteiger partial charge in [0.15, 0.2) is 5.82 Å². The number of nitrogens with one attached hydrogen (secondary N) is 1. The van der Waals surface area contributed by atoms with E-state index in [0.29, 0.717) is 11.6 Å². The highest BCUT2D eigenvalue weighted by Gasteiger charge is 2.28. The molecule has 23 heavy (non-hydrogen) atoms. The summed E-state index contributed by atoms with van der Waals surface area (Å²) in [4.78, 5) is 12.1. The van der Waals surface area contributed by atoms with Crippen LogP contribution in [-0.2, 0) is 0 Å². The highest BCUT2D eigenvalue weighted by atomic mass is 16.1. The fourth-order valence-corrected chi connectivity index (χ4v) is 2.44. The first-order valence-corrected chi connectivity index (χ1v) is 7.56. The standard InChI is InChI=1S/C17H15N5O/c23-17(13-4-2-1-3-5-13)18-14-8-6-12(7-9-14)16-19-20-21-22(16)15-10-11-15/h1-9,15H,10-11H2,(H,18,23). The fraction of sp³-hybridized carbons (Fsp3) is 0.176. The fourth-order valence-electron chi connectivity index (χ4n) is 2.44. The molecule has 1 aromatic heterocycles. The molecular formula is C17H15N5O. The Hall–Kier alpha value is -3.02. The van der Waals surface area contributed by atoms with Crippen LogP contribution in [0.15, 0.2) is 54.6 Å². The maximum Gasteiger partial charge on any atom is 0.255 e.